The summed E-state index contributed by atoms with van der Waals surface area (Å²) in [5.41, 5.74) is 1.29. The number of oxazole rings is 1. The van der Waals surface area contributed by atoms with Crippen LogP contribution in [0.4, 0.5) is 0 Å². The summed E-state index contributed by atoms with van der Waals surface area (Å²) in [6.07, 6.45) is 0.335. The van der Waals surface area contributed by atoms with Gasteiger partial charge >= 0.3 is 5.97 Å². The van der Waals surface area contributed by atoms with Gasteiger partial charge < -0.3 is 24.3 Å². The van der Waals surface area contributed by atoms with Crippen molar-refractivity contribution in [2.45, 2.75) is 32.0 Å². The third kappa shape index (κ3) is 6.53. The largest absolute Gasteiger partial charge is 0.479 e. The van der Waals surface area contributed by atoms with Crippen LogP contribution in [-0.4, -0.2) is 34.8 Å². The highest BCUT2D eigenvalue weighted by molar-refractivity contribution is 6.30. The van der Waals surface area contributed by atoms with Gasteiger partial charge in [0, 0.05) is 11.6 Å². The van der Waals surface area contributed by atoms with Crippen LogP contribution in [0.1, 0.15) is 31.4 Å². The fourth-order valence-corrected chi connectivity index (χ4v) is 3.54. The SMILES string of the molecule is CC(C)(Oc1ccc(CCNCC(Oc2ccc(Cl)cc2)c2nc3ccccc3o2)cc1)C(=O)O. The molecule has 8 heteroatoms. The van der Waals surface area contributed by atoms with E-state index >= 15 is 0 Å². The summed E-state index contributed by atoms with van der Waals surface area (Å²) >= 11 is 6.00. The van der Waals surface area contributed by atoms with Crippen molar-refractivity contribution in [2.75, 3.05) is 13.1 Å². The van der Waals surface area contributed by atoms with Gasteiger partial charge in [-0.3, -0.25) is 0 Å². The summed E-state index contributed by atoms with van der Waals surface area (Å²) in [5, 5.41) is 13.3. The van der Waals surface area contributed by atoms with Gasteiger partial charge in [0.15, 0.2) is 17.3 Å². The van der Waals surface area contributed by atoms with Crippen molar-refractivity contribution in [3.05, 3.63) is 89.3 Å². The minimum absolute atomic E-state index is 0.433. The number of rotatable bonds is 11. The lowest BCUT2D eigenvalue weighted by atomic mass is 10.1. The lowest BCUT2D eigenvalue weighted by Gasteiger charge is -2.21. The van der Waals surface area contributed by atoms with E-state index in [1.165, 1.54) is 13.8 Å². The van der Waals surface area contributed by atoms with Crippen LogP contribution in [0.5, 0.6) is 11.5 Å². The fraction of sp³-hybridized carbons (Fsp3) is 0.259. The maximum absolute atomic E-state index is 11.2. The van der Waals surface area contributed by atoms with Gasteiger partial charge in [-0.15, -0.1) is 0 Å². The molecule has 0 fully saturated rings. The van der Waals surface area contributed by atoms with E-state index in [0.29, 0.717) is 41.1 Å². The summed E-state index contributed by atoms with van der Waals surface area (Å²) in [4.78, 5) is 15.8. The minimum Gasteiger partial charge on any atom is -0.479 e. The van der Waals surface area contributed by atoms with E-state index in [1.807, 2.05) is 48.5 Å². The molecule has 1 unspecified atom stereocenters. The summed E-state index contributed by atoms with van der Waals surface area (Å²) in [6.45, 7) is 4.23. The van der Waals surface area contributed by atoms with Gasteiger partial charge in [0.25, 0.3) is 0 Å². The molecule has 0 aliphatic heterocycles. The Hall–Kier alpha value is -3.55. The van der Waals surface area contributed by atoms with Crippen LogP contribution in [0, 0.1) is 0 Å². The second kappa shape index (κ2) is 10.8. The number of carbonyl (C=O) groups is 1. The smallest absolute Gasteiger partial charge is 0.347 e. The number of aromatic nitrogens is 1. The fourth-order valence-electron chi connectivity index (χ4n) is 3.41. The molecule has 0 saturated carbocycles. The predicted octanol–water partition coefficient (Wildman–Crippen LogP) is 5.68. The molecule has 35 heavy (non-hydrogen) atoms. The molecule has 1 heterocycles. The van der Waals surface area contributed by atoms with Crippen molar-refractivity contribution >= 4 is 28.7 Å². The van der Waals surface area contributed by atoms with E-state index in [-0.39, 0.29) is 0 Å². The number of ether oxygens (including phenoxy) is 2. The molecule has 1 atom stereocenters. The molecule has 0 saturated heterocycles. The van der Waals surface area contributed by atoms with Crippen LogP contribution in [-0.2, 0) is 11.2 Å². The topological polar surface area (TPSA) is 93.8 Å². The molecule has 3 aromatic carbocycles. The third-order valence-electron chi connectivity index (χ3n) is 5.41. The van der Waals surface area contributed by atoms with E-state index in [2.05, 4.69) is 10.3 Å². The van der Waals surface area contributed by atoms with Crippen molar-refractivity contribution in [3.8, 4) is 11.5 Å². The molecule has 182 valence electrons. The highest BCUT2D eigenvalue weighted by atomic mass is 35.5. The molecule has 0 aliphatic rings. The summed E-state index contributed by atoms with van der Waals surface area (Å²) in [5.74, 6) is 0.668. The van der Waals surface area contributed by atoms with Crippen LogP contribution >= 0.6 is 11.6 Å². The molecule has 0 aliphatic carbocycles. The Balaban J connectivity index is 1.37. The molecule has 0 radical (unpaired) electrons. The van der Waals surface area contributed by atoms with Gasteiger partial charge in [0.2, 0.25) is 5.89 Å². The van der Waals surface area contributed by atoms with Crippen LogP contribution in [0.3, 0.4) is 0 Å². The monoisotopic (exact) mass is 494 g/mol. The normalized spacial score (nSPS) is 12.4. The number of halogens is 1. The molecule has 0 amide bonds. The Morgan fingerprint density at radius 2 is 1.74 bits per heavy atom. The van der Waals surface area contributed by atoms with Gasteiger partial charge in [0.05, 0.1) is 0 Å². The zero-order chi connectivity index (χ0) is 24.8. The second-order valence-electron chi connectivity index (χ2n) is 8.60. The van der Waals surface area contributed by atoms with Gasteiger partial charge in [-0.05, 0) is 80.9 Å². The lowest BCUT2D eigenvalue weighted by Crippen LogP contribution is -2.37. The molecule has 0 bridgehead atoms. The maximum atomic E-state index is 11.2. The molecule has 1 aromatic heterocycles. The Labute approximate surface area is 208 Å². The number of nitrogens with zero attached hydrogens (tertiary/aromatic N) is 1. The molecular formula is C27H27ClN2O5. The standard InChI is InChI=1S/C27H27ClN2O5/c1-27(2,26(31)32)35-21-11-7-18(8-12-21)15-16-29-17-24(33-20-13-9-19(28)10-14-20)25-30-22-5-3-4-6-23(22)34-25/h3-14,24,29H,15-17H2,1-2H3,(H,31,32). The van der Waals surface area contributed by atoms with Crippen LogP contribution in [0.2, 0.25) is 5.02 Å². The van der Waals surface area contributed by atoms with E-state index < -0.39 is 17.7 Å². The van der Waals surface area contributed by atoms with Crippen molar-refractivity contribution in [2.24, 2.45) is 0 Å². The maximum Gasteiger partial charge on any atom is 0.347 e. The number of hydrogen-bond acceptors (Lipinski definition) is 6. The number of benzene rings is 3. The molecule has 4 aromatic rings. The average molecular weight is 495 g/mol. The lowest BCUT2D eigenvalue weighted by molar-refractivity contribution is -0.152. The number of carboxylic acid groups (broad SMARTS) is 1. The summed E-state index contributed by atoms with van der Waals surface area (Å²) in [7, 11) is 0. The van der Waals surface area contributed by atoms with Gasteiger partial charge in [-0.1, -0.05) is 35.9 Å². The van der Waals surface area contributed by atoms with Gasteiger partial charge in [-0.2, -0.15) is 0 Å². The average Bonchev–Trinajstić information content (AvgIpc) is 3.27. The van der Waals surface area contributed by atoms with Gasteiger partial charge in [-0.25, -0.2) is 9.78 Å². The Morgan fingerprint density at radius 3 is 2.43 bits per heavy atom. The van der Waals surface area contributed by atoms with E-state index in [4.69, 9.17) is 25.5 Å². The van der Waals surface area contributed by atoms with Crippen LogP contribution in [0.15, 0.2) is 77.2 Å². The molecule has 2 N–H and O–H groups in total. The number of nitrogens with one attached hydrogen (secondary N) is 1. The van der Waals surface area contributed by atoms with E-state index in [1.54, 1.807) is 24.3 Å². The first-order valence-corrected chi connectivity index (χ1v) is 11.7. The zero-order valence-corrected chi connectivity index (χ0v) is 20.3. The van der Waals surface area contributed by atoms with Crippen molar-refractivity contribution in [1.82, 2.24) is 10.3 Å². The van der Waals surface area contributed by atoms with Crippen molar-refractivity contribution < 1.29 is 23.8 Å². The first-order chi connectivity index (χ1) is 16.8. The second-order valence-corrected chi connectivity index (χ2v) is 9.03. The van der Waals surface area contributed by atoms with Crippen LogP contribution in [0.25, 0.3) is 11.1 Å². The number of hydrogen-bond donors (Lipinski definition) is 2. The number of carboxylic acids is 1. The van der Waals surface area contributed by atoms with E-state index in [0.717, 1.165) is 17.5 Å². The molecule has 0 spiro atoms. The molecule has 7 nitrogen and oxygen atoms in total. The molecular weight excluding hydrogens is 468 g/mol. The summed E-state index contributed by atoms with van der Waals surface area (Å²) in [6, 6.07) is 22.2. The zero-order valence-electron chi connectivity index (χ0n) is 19.5. The van der Waals surface area contributed by atoms with E-state index in [9.17, 15) is 9.90 Å². The van der Waals surface area contributed by atoms with Crippen molar-refractivity contribution in [3.63, 3.8) is 0 Å². The third-order valence-corrected chi connectivity index (χ3v) is 5.66. The Bertz CT molecular complexity index is 1240. The number of fused-ring (bicyclic) bond motifs is 1. The number of para-hydroxylation sites is 2. The Kier molecular flexibility index (Phi) is 7.58. The first kappa shape index (κ1) is 24.6. The van der Waals surface area contributed by atoms with Crippen molar-refractivity contribution in [1.29, 1.82) is 0 Å². The summed E-state index contributed by atoms with van der Waals surface area (Å²) < 4.78 is 17.7. The quantitative estimate of drug-likeness (QED) is 0.259. The minimum atomic E-state index is -1.28. The first-order valence-electron chi connectivity index (χ1n) is 11.3. The number of aliphatic carboxylic acids is 1. The highest BCUT2D eigenvalue weighted by Crippen LogP contribution is 2.26. The molecule has 4 rings (SSSR count). The van der Waals surface area contributed by atoms with Gasteiger partial charge in [0.1, 0.15) is 17.0 Å². The Morgan fingerprint density at radius 1 is 1.06 bits per heavy atom. The highest BCUT2D eigenvalue weighted by Gasteiger charge is 2.29. The predicted molar refractivity (Wildman–Crippen MR) is 134 cm³/mol. The van der Waals surface area contributed by atoms with Crippen LogP contribution < -0.4 is 14.8 Å².